The zero-order chi connectivity index (χ0) is 14.5. The summed E-state index contributed by atoms with van der Waals surface area (Å²) in [5.41, 5.74) is 2.32. The minimum absolute atomic E-state index is 0.185. The molecule has 6 heteroatoms. The number of hydrogen-bond donors (Lipinski definition) is 1. The summed E-state index contributed by atoms with van der Waals surface area (Å²) in [5, 5.41) is 5.17. The Morgan fingerprint density at radius 3 is 2.65 bits per heavy atom. The summed E-state index contributed by atoms with van der Waals surface area (Å²) in [5.74, 6) is -0.451. The van der Waals surface area contributed by atoms with Crippen LogP contribution in [-0.2, 0) is 11.4 Å². The number of aryl methyl sites for hydroxylation is 1. The third-order valence-electron chi connectivity index (χ3n) is 2.83. The molecule has 2 rings (SSSR count). The van der Waals surface area contributed by atoms with Crippen molar-refractivity contribution in [3.8, 4) is 0 Å². The van der Waals surface area contributed by atoms with Gasteiger partial charge in [-0.15, -0.1) is 0 Å². The fraction of sp³-hybridized carbons (Fsp3) is 0.357. The molecule has 0 bridgehead atoms. The van der Waals surface area contributed by atoms with Crippen LogP contribution in [0.5, 0.6) is 0 Å². The Hall–Kier alpha value is -2.21. The van der Waals surface area contributed by atoms with Crippen molar-refractivity contribution in [2.75, 3.05) is 6.61 Å². The van der Waals surface area contributed by atoms with E-state index in [9.17, 15) is 9.59 Å². The smallest absolute Gasteiger partial charge is 0.274 e. The summed E-state index contributed by atoms with van der Waals surface area (Å²) in [7, 11) is 0. The third-order valence-corrected chi connectivity index (χ3v) is 2.83. The summed E-state index contributed by atoms with van der Waals surface area (Å²) in [6.07, 6.45) is 0.762. The molecule has 0 aliphatic heterocycles. The highest BCUT2D eigenvalue weighted by Gasteiger charge is 2.16. The lowest BCUT2D eigenvalue weighted by Crippen LogP contribution is -2.30. The molecule has 20 heavy (non-hydrogen) atoms. The molecule has 0 unspecified atom stereocenters. The van der Waals surface area contributed by atoms with Crippen LogP contribution < -0.4 is 11.0 Å². The largest absolute Gasteiger partial charge is 0.295 e. The molecule has 1 aromatic carbocycles. The van der Waals surface area contributed by atoms with Gasteiger partial charge in [0.1, 0.15) is 0 Å². The Balaban J connectivity index is 2.60. The first-order valence-electron chi connectivity index (χ1n) is 6.61. The first-order valence-corrected chi connectivity index (χ1v) is 6.61. The third kappa shape index (κ3) is 2.70. The summed E-state index contributed by atoms with van der Waals surface area (Å²) < 4.78 is 1.32. The van der Waals surface area contributed by atoms with Crippen LogP contribution >= 0.6 is 0 Å². The number of hydroxylamine groups is 1. The standard InChI is InChI=1S/C14H17N3O3/c1-3-9-17-14(19)11-8-6-5-7-10(11)12(15-17)13(18)16-20-4-2/h5-8H,3-4,9H2,1-2H3,(H,16,18). The number of benzene rings is 1. The Bertz CT molecular complexity index is 679. The van der Waals surface area contributed by atoms with Crippen molar-refractivity contribution in [2.24, 2.45) is 0 Å². The predicted molar refractivity (Wildman–Crippen MR) is 75.4 cm³/mol. The number of nitrogens with one attached hydrogen (secondary N) is 1. The molecule has 1 amide bonds. The first kappa shape index (κ1) is 14.2. The number of rotatable bonds is 5. The number of carbonyl (C=O) groups excluding carboxylic acids is 1. The van der Waals surface area contributed by atoms with Gasteiger partial charge in [0.2, 0.25) is 0 Å². The van der Waals surface area contributed by atoms with Gasteiger partial charge in [-0.05, 0) is 19.4 Å². The number of hydrogen-bond acceptors (Lipinski definition) is 4. The molecule has 0 fully saturated rings. The predicted octanol–water partition coefficient (Wildman–Crippen LogP) is 1.49. The van der Waals surface area contributed by atoms with E-state index < -0.39 is 5.91 Å². The SMILES string of the molecule is CCCn1nc(C(=O)NOCC)c2ccccc2c1=O. The van der Waals surface area contributed by atoms with Gasteiger partial charge in [-0.3, -0.25) is 14.4 Å². The van der Waals surface area contributed by atoms with E-state index in [1.807, 2.05) is 6.92 Å². The van der Waals surface area contributed by atoms with Gasteiger partial charge in [-0.1, -0.05) is 25.1 Å². The maximum atomic E-state index is 12.2. The van der Waals surface area contributed by atoms with Gasteiger partial charge in [-0.25, -0.2) is 10.2 Å². The molecular formula is C14H17N3O3. The highest BCUT2D eigenvalue weighted by atomic mass is 16.6. The average molecular weight is 275 g/mol. The Morgan fingerprint density at radius 2 is 2.00 bits per heavy atom. The van der Waals surface area contributed by atoms with Crippen LogP contribution in [0.3, 0.4) is 0 Å². The number of amides is 1. The minimum Gasteiger partial charge on any atom is -0.274 e. The van der Waals surface area contributed by atoms with Gasteiger partial charge >= 0.3 is 0 Å². The molecule has 1 N–H and O–H groups in total. The number of aromatic nitrogens is 2. The summed E-state index contributed by atoms with van der Waals surface area (Å²) >= 11 is 0. The first-order chi connectivity index (χ1) is 9.69. The highest BCUT2D eigenvalue weighted by Crippen LogP contribution is 2.13. The van der Waals surface area contributed by atoms with Crippen molar-refractivity contribution >= 4 is 16.7 Å². The van der Waals surface area contributed by atoms with Crippen LogP contribution in [0.15, 0.2) is 29.1 Å². The number of carbonyl (C=O) groups is 1. The van der Waals surface area contributed by atoms with Gasteiger partial charge in [0.25, 0.3) is 11.5 Å². The molecule has 0 atom stereocenters. The fourth-order valence-electron chi connectivity index (χ4n) is 1.95. The van der Waals surface area contributed by atoms with E-state index >= 15 is 0 Å². The van der Waals surface area contributed by atoms with Crippen LogP contribution in [0.1, 0.15) is 30.8 Å². The molecule has 0 saturated heterocycles. The molecule has 2 aromatic rings. The Morgan fingerprint density at radius 1 is 1.30 bits per heavy atom. The molecule has 0 spiro atoms. The second-order valence-corrected chi connectivity index (χ2v) is 4.29. The number of nitrogens with zero attached hydrogens (tertiary/aromatic N) is 2. The minimum atomic E-state index is -0.451. The van der Waals surface area contributed by atoms with E-state index in [-0.39, 0.29) is 11.3 Å². The van der Waals surface area contributed by atoms with Crippen molar-refractivity contribution in [1.29, 1.82) is 0 Å². The van der Waals surface area contributed by atoms with Crippen molar-refractivity contribution in [3.63, 3.8) is 0 Å². The fourth-order valence-corrected chi connectivity index (χ4v) is 1.95. The summed E-state index contributed by atoms with van der Waals surface area (Å²) in [4.78, 5) is 29.2. The molecule has 6 nitrogen and oxygen atoms in total. The monoisotopic (exact) mass is 275 g/mol. The van der Waals surface area contributed by atoms with Crippen LogP contribution in [0.2, 0.25) is 0 Å². The molecule has 1 aromatic heterocycles. The van der Waals surface area contributed by atoms with Crippen LogP contribution in [0.25, 0.3) is 10.8 Å². The average Bonchev–Trinajstić information content (AvgIpc) is 2.48. The van der Waals surface area contributed by atoms with Gasteiger partial charge in [0, 0.05) is 11.9 Å². The van der Waals surface area contributed by atoms with E-state index in [0.29, 0.717) is 23.9 Å². The van der Waals surface area contributed by atoms with Gasteiger partial charge in [0.05, 0.1) is 12.0 Å². The molecule has 1 heterocycles. The van der Waals surface area contributed by atoms with Crippen molar-refractivity contribution < 1.29 is 9.63 Å². The lowest BCUT2D eigenvalue weighted by Gasteiger charge is -2.10. The summed E-state index contributed by atoms with van der Waals surface area (Å²) in [6.45, 7) is 4.55. The zero-order valence-corrected chi connectivity index (χ0v) is 11.5. The van der Waals surface area contributed by atoms with E-state index in [1.54, 1.807) is 31.2 Å². The lowest BCUT2D eigenvalue weighted by atomic mass is 10.1. The summed E-state index contributed by atoms with van der Waals surface area (Å²) in [6, 6.07) is 6.94. The van der Waals surface area contributed by atoms with Gasteiger partial charge < -0.3 is 0 Å². The highest BCUT2D eigenvalue weighted by molar-refractivity contribution is 6.04. The normalized spacial score (nSPS) is 10.7. The van der Waals surface area contributed by atoms with Crippen molar-refractivity contribution in [3.05, 3.63) is 40.3 Å². The topological polar surface area (TPSA) is 73.2 Å². The van der Waals surface area contributed by atoms with E-state index in [0.717, 1.165) is 6.42 Å². The van der Waals surface area contributed by atoms with Crippen molar-refractivity contribution in [1.82, 2.24) is 15.3 Å². The Labute approximate surface area is 116 Å². The van der Waals surface area contributed by atoms with Gasteiger partial charge in [-0.2, -0.15) is 5.10 Å². The van der Waals surface area contributed by atoms with E-state index in [4.69, 9.17) is 4.84 Å². The Kier molecular flexibility index (Phi) is 4.47. The second-order valence-electron chi connectivity index (χ2n) is 4.29. The molecular weight excluding hydrogens is 258 g/mol. The molecule has 0 radical (unpaired) electrons. The van der Waals surface area contributed by atoms with E-state index in [2.05, 4.69) is 10.6 Å². The van der Waals surface area contributed by atoms with E-state index in [1.165, 1.54) is 4.68 Å². The van der Waals surface area contributed by atoms with Crippen LogP contribution in [0.4, 0.5) is 0 Å². The molecule has 0 saturated carbocycles. The zero-order valence-electron chi connectivity index (χ0n) is 11.5. The quantitative estimate of drug-likeness (QED) is 0.839. The van der Waals surface area contributed by atoms with Gasteiger partial charge in [0.15, 0.2) is 5.69 Å². The maximum Gasteiger partial charge on any atom is 0.295 e. The van der Waals surface area contributed by atoms with Crippen LogP contribution in [-0.4, -0.2) is 22.3 Å². The van der Waals surface area contributed by atoms with Crippen LogP contribution in [0, 0.1) is 0 Å². The molecule has 0 aliphatic carbocycles. The molecule has 106 valence electrons. The molecule has 0 aliphatic rings. The number of fused-ring (bicyclic) bond motifs is 1. The lowest BCUT2D eigenvalue weighted by molar-refractivity contribution is 0.0359. The second kappa shape index (κ2) is 6.29. The maximum absolute atomic E-state index is 12.2. The van der Waals surface area contributed by atoms with Crippen molar-refractivity contribution in [2.45, 2.75) is 26.8 Å².